The summed E-state index contributed by atoms with van der Waals surface area (Å²) in [6.45, 7) is 4.06. The molecule has 5 heteroatoms. The Kier molecular flexibility index (Phi) is 3.64. The van der Waals surface area contributed by atoms with E-state index in [4.69, 9.17) is 0 Å². The summed E-state index contributed by atoms with van der Waals surface area (Å²) in [5.74, 6) is 0. The molecule has 5 nitrogen and oxygen atoms in total. The number of aromatic amines is 1. The first-order valence-electron chi connectivity index (χ1n) is 6.88. The summed E-state index contributed by atoms with van der Waals surface area (Å²) in [7, 11) is 0. The van der Waals surface area contributed by atoms with Gasteiger partial charge in [-0.25, -0.2) is 0 Å². The Balaban J connectivity index is 1.82. The van der Waals surface area contributed by atoms with E-state index in [9.17, 15) is 0 Å². The highest BCUT2D eigenvalue weighted by Gasteiger charge is 2.10. The van der Waals surface area contributed by atoms with Crippen LogP contribution in [0.25, 0.3) is 11.3 Å². The van der Waals surface area contributed by atoms with Crippen LogP contribution in [-0.2, 0) is 0 Å². The molecule has 0 radical (unpaired) electrons. The second-order valence-electron chi connectivity index (χ2n) is 4.94. The molecule has 106 valence electrons. The lowest BCUT2D eigenvalue weighted by molar-refractivity contribution is 0.810. The molecule has 3 aromatic rings. The van der Waals surface area contributed by atoms with Crippen LogP contribution in [0.5, 0.6) is 0 Å². The monoisotopic (exact) mass is 279 g/mol. The van der Waals surface area contributed by atoms with Crippen LogP contribution in [0.2, 0.25) is 0 Å². The van der Waals surface area contributed by atoms with Crippen LogP contribution in [0, 0.1) is 6.92 Å². The van der Waals surface area contributed by atoms with Gasteiger partial charge in [0.2, 0.25) is 0 Å². The lowest BCUT2D eigenvalue weighted by atomic mass is 10.1. The van der Waals surface area contributed by atoms with Gasteiger partial charge < -0.3 is 5.32 Å². The van der Waals surface area contributed by atoms with Crippen LogP contribution in [0.15, 0.2) is 48.9 Å². The van der Waals surface area contributed by atoms with Crippen molar-refractivity contribution in [3.63, 3.8) is 0 Å². The zero-order valence-electron chi connectivity index (χ0n) is 12.0. The van der Waals surface area contributed by atoms with Crippen LogP contribution in [0.3, 0.4) is 0 Å². The highest BCUT2D eigenvalue weighted by atomic mass is 15.1. The van der Waals surface area contributed by atoms with Crippen molar-refractivity contribution in [2.75, 3.05) is 5.32 Å². The van der Waals surface area contributed by atoms with Crippen molar-refractivity contribution in [2.45, 2.75) is 19.9 Å². The Labute approximate surface area is 123 Å². The maximum absolute atomic E-state index is 4.41. The van der Waals surface area contributed by atoms with E-state index in [1.807, 2.05) is 25.1 Å². The third kappa shape index (κ3) is 2.91. The van der Waals surface area contributed by atoms with E-state index >= 15 is 0 Å². The number of rotatable bonds is 4. The maximum atomic E-state index is 4.41. The van der Waals surface area contributed by atoms with Crippen molar-refractivity contribution >= 4 is 5.69 Å². The van der Waals surface area contributed by atoms with Gasteiger partial charge >= 0.3 is 0 Å². The summed E-state index contributed by atoms with van der Waals surface area (Å²) in [4.78, 5) is 8.69. The standard InChI is InChI=1S/C16H17N5/c1-11-16(18-9-8-17-11)12(2)20-14-5-3-4-13(10-14)15-6-7-19-21-15/h3-10,12,20H,1-2H3,(H,19,21). The fourth-order valence-corrected chi connectivity index (χ4v) is 2.35. The molecule has 0 saturated carbocycles. The number of aromatic nitrogens is 4. The fraction of sp³-hybridized carbons (Fsp3) is 0.188. The summed E-state index contributed by atoms with van der Waals surface area (Å²) in [6, 6.07) is 10.3. The van der Waals surface area contributed by atoms with E-state index in [0.717, 1.165) is 28.3 Å². The lowest BCUT2D eigenvalue weighted by Gasteiger charge is -2.16. The fourth-order valence-electron chi connectivity index (χ4n) is 2.35. The molecule has 3 rings (SSSR count). The van der Waals surface area contributed by atoms with Gasteiger partial charge in [0.25, 0.3) is 0 Å². The first-order chi connectivity index (χ1) is 10.2. The van der Waals surface area contributed by atoms with E-state index in [0.29, 0.717) is 0 Å². The van der Waals surface area contributed by atoms with Crippen LogP contribution in [0.4, 0.5) is 5.69 Å². The van der Waals surface area contributed by atoms with Crippen LogP contribution >= 0.6 is 0 Å². The van der Waals surface area contributed by atoms with Gasteiger partial charge in [0.15, 0.2) is 0 Å². The molecule has 0 aliphatic carbocycles. The highest BCUT2D eigenvalue weighted by Crippen LogP contribution is 2.24. The SMILES string of the molecule is Cc1nccnc1C(C)Nc1cccc(-c2ccn[nH]2)c1. The molecule has 0 fully saturated rings. The number of nitrogens with one attached hydrogen (secondary N) is 2. The molecule has 0 aliphatic heterocycles. The highest BCUT2D eigenvalue weighted by molar-refractivity contribution is 5.64. The minimum atomic E-state index is 0.0933. The third-order valence-corrected chi connectivity index (χ3v) is 3.39. The zero-order valence-corrected chi connectivity index (χ0v) is 12.0. The molecule has 2 heterocycles. The van der Waals surface area contributed by atoms with E-state index in [-0.39, 0.29) is 6.04 Å². The van der Waals surface area contributed by atoms with Gasteiger partial charge in [-0.3, -0.25) is 15.1 Å². The number of hydrogen-bond acceptors (Lipinski definition) is 4. The average Bonchev–Trinajstić information content (AvgIpc) is 3.02. The topological polar surface area (TPSA) is 66.5 Å². The molecule has 0 bridgehead atoms. The molecule has 1 unspecified atom stereocenters. The predicted octanol–water partition coefficient (Wildman–Crippen LogP) is 3.35. The largest absolute Gasteiger partial charge is 0.377 e. The Morgan fingerprint density at radius 2 is 1.95 bits per heavy atom. The number of benzene rings is 1. The van der Waals surface area contributed by atoms with Gasteiger partial charge in [0.05, 0.1) is 23.1 Å². The number of anilines is 1. The van der Waals surface area contributed by atoms with Gasteiger partial charge in [0.1, 0.15) is 0 Å². The van der Waals surface area contributed by atoms with Crippen LogP contribution in [-0.4, -0.2) is 20.2 Å². The van der Waals surface area contributed by atoms with Crippen LogP contribution < -0.4 is 5.32 Å². The zero-order chi connectivity index (χ0) is 14.7. The molecule has 0 amide bonds. The van der Waals surface area contributed by atoms with E-state index < -0.39 is 0 Å². The lowest BCUT2D eigenvalue weighted by Crippen LogP contribution is -2.10. The van der Waals surface area contributed by atoms with E-state index in [1.165, 1.54) is 0 Å². The van der Waals surface area contributed by atoms with Gasteiger partial charge in [-0.1, -0.05) is 12.1 Å². The van der Waals surface area contributed by atoms with Gasteiger partial charge in [-0.15, -0.1) is 0 Å². The molecular weight excluding hydrogens is 262 g/mol. The maximum Gasteiger partial charge on any atom is 0.0835 e. The van der Waals surface area contributed by atoms with Crippen molar-refractivity contribution in [3.05, 3.63) is 60.3 Å². The van der Waals surface area contributed by atoms with E-state index in [2.05, 4.69) is 44.5 Å². The molecular formula is C16H17N5. The van der Waals surface area contributed by atoms with Gasteiger partial charge in [0, 0.05) is 29.8 Å². The van der Waals surface area contributed by atoms with Gasteiger partial charge in [-0.2, -0.15) is 5.10 Å². The minimum absolute atomic E-state index is 0.0933. The van der Waals surface area contributed by atoms with Crippen molar-refractivity contribution in [2.24, 2.45) is 0 Å². The first kappa shape index (κ1) is 13.3. The molecule has 2 aromatic heterocycles. The normalized spacial score (nSPS) is 12.1. The summed E-state index contributed by atoms with van der Waals surface area (Å²) in [5, 5.41) is 10.4. The Bertz CT molecular complexity index is 721. The second-order valence-corrected chi connectivity index (χ2v) is 4.94. The first-order valence-corrected chi connectivity index (χ1v) is 6.88. The predicted molar refractivity (Wildman–Crippen MR) is 82.8 cm³/mol. The molecule has 21 heavy (non-hydrogen) atoms. The van der Waals surface area contributed by atoms with Gasteiger partial charge in [-0.05, 0) is 32.0 Å². The Hall–Kier alpha value is -2.69. The Morgan fingerprint density at radius 3 is 2.71 bits per heavy atom. The van der Waals surface area contributed by atoms with Crippen molar-refractivity contribution in [1.82, 2.24) is 20.2 Å². The number of H-pyrrole nitrogens is 1. The molecule has 2 N–H and O–H groups in total. The number of hydrogen-bond donors (Lipinski definition) is 2. The minimum Gasteiger partial charge on any atom is -0.377 e. The number of nitrogens with zero attached hydrogens (tertiary/aromatic N) is 3. The molecule has 0 saturated heterocycles. The smallest absolute Gasteiger partial charge is 0.0835 e. The molecule has 1 atom stereocenters. The number of aryl methyl sites for hydroxylation is 1. The Morgan fingerprint density at radius 1 is 1.10 bits per heavy atom. The molecule has 0 spiro atoms. The third-order valence-electron chi connectivity index (χ3n) is 3.39. The quantitative estimate of drug-likeness (QED) is 0.768. The summed E-state index contributed by atoms with van der Waals surface area (Å²) in [5.41, 5.74) is 5.05. The summed E-state index contributed by atoms with van der Waals surface area (Å²) >= 11 is 0. The molecule has 1 aromatic carbocycles. The second kappa shape index (κ2) is 5.75. The van der Waals surface area contributed by atoms with Crippen molar-refractivity contribution < 1.29 is 0 Å². The van der Waals surface area contributed by atoms with Crippen molar-refractivity contribution in [3.8, 4) is 11.3 Å². The molecule has 0 aliphatic rings. The van der Waals surface area contributed by atoms with E-state index in [1.54, 1.807) is 18.6 Å². The van der Waals surface area contributed by atoms with Crippen LogP contribution in [0.1, 0.15) is 24.4 Å². The summed E-state index contributed by atoms with van der Waals surface area (Å²) < 4.78 is 0. The average molecular weight is 279 g/mol. The van der Waals surface area contributed by atoms with Crippen molar-refractivity contribution in [1.29, 1.82) is 0 Å². The summed E-state index contributed by atoms with van der Waals surface area (Å²) in [6.07, 6.45) is 5.19.